The number of benzene rings is 1. The largest absolute Gasteiger partial charge is 0.379 e. The lowest BCUT2D eigenvalue weighted by atomic mass is 10.1. The molecular weight excluding hydrogens is 268 g/mol. The molecule has 21 heavy (non-hydrogen) atoms. The molecule has 0 radical (unpaired) electrons. The van der Waals surface area contributed by atoms with E-state index in [-0.39, 0.29) is 16.7 Å². The molecule has 1 saturated heterocycles. The monoisotopic (exact) mass is 292 g/mol. The number of nitro benzene ring substituents is 1. The Balaban J connectivity index is 2.19. The Morgan fingerprint density at radius 2 is 2.19 bits per heavy atom. The summed E-state index contributed by atoms with van der Waals surface area (Å²) >= 11 is 0. The molecule has 2 N–H and O–H groups in total. The Morgan fingerprint density at radius 1 is 1.43 bits per heavy atom. The Kier molecular flexibility index (Phi) is 5.38. The highest BCUT2D eigenvalue weighted by Crippen LogP contribution is 2.33. The molecule has 0 spiro atoms. The van der Waals surface area contributed by atoms with E-state index < -0.39 is 0 Å². The van der Waals surface area contributed by atoms with Crippen LogP contribution in [-0.2, 0) is 0 Å². The zero-order valence-corrected chi connectivity index (χ0v) is 12.8. The molecule has 0 saturated carbocycles. The van der Waals surface area contributed by atoms with Crippen LogP contribution in [0.25, 0.3) is 0 Å². The molecule has 116 valence electrons. The number of likely N-dealkylation sites (N-methyl/N-ethyl adjacent to an activating group) is 1. The van der Waals surface area contributed by atoms with Gasteiger partial charge in [-0.1, -0.05) is 13.0 Å². The summed E-state index contributed by atoms with van der Waals surface area (Å²) in [5, 5.41) is 17.9. The smallest absolute Gasteiger partial charge is 0.315 e. The minimum atomic E-state index is -0.299. The molecule has 0 bridgehead atoms. The van der Waals surface area contributed by atoms with Crippen LogP contribution in [0, 0.1) is 10.1 Å². The fraction of sp³-hybridized carbons (Fsp3) is 0.600. The highest BCUT2D eigenvalue weighted by Gasteiger charge is 2.23. The fourth-order valence-electron chi connectivity index (χ4n) is 2.76. The Bertz CT molecular complexity index is 493. The molecule has 1 aromatic rings. The van der Waals surface area contributed by atoms with Crippen LogP contribution in [0.15, 0.2) is 18.2 Å². The van der Waals surface area contributed by atoms with E-state index in [0.717, 1.165) is 38.9 Å². The summed E-state index contributed by atoms with van der Waals surface area (Å²) < 4.78 is 0. The predicted molar refractivity (Wildman–Crippen MR) is 86.0 cm³/mol. The van der Waals surface area contributed by atoms with Gasteiger partial charge < -0.3 is 15.5 Å². The number of nitro groups is 1. The van der Waals surface area contributed by atoms with E-state index in [1.54, 1.807) is 12.1 Å². The lowest BCUT2D eigenvalue weighted by molar-refractivity contribution is -0.383. The summed E-state index contributed by atoms with van der Waals surface area (Å²) in [6.07, 6.45) is 3.10. The number of hydrogen-bond acceptors (Lipinski definition) is 5. The average molecular weight is 292 g/mol. The zero-order chi connectivity index (χ0) is 15.2. The molecule has 1 aliphatic heterocycles. The van der Waals surface area contributed by atoms with E-state index in [9.17, 15) is 10.1 Å². The summed E-state index contributed by atoms with van der Waals surface area (Å²) in [6, 6.07) is 5.69. The molecule has 0 amide bonds. The minimum absolute atomic E-state index is 0.152. The standard InChI is InChI=1S/C15H24N4O2/c1-3-9-16-13-7-4-8-14(15(13)19(20)21)17-12-6-5-10-18(2)11-12/h4,7-8,12,16-17H,3,5-6,9-11H2,1-2H3. The van der Waals surface area contributed by atoms with Crippen molar-refractivity contribution in [2.75, 3.05) is 37.3 Å². The van der Waals surface area contributed by atoms with Crippen LogP contribution in [0.2, 0.25) is 0 Å². The van der Waals surface area contributed by atoms with Crippen LogP contribution >= 0.6 is 0 Å². The van der Waals surface area contributed by atoms with Crippen molar-refractivity contribution in [3.8, 4) is 0 Å². The number of piperidine rings is 1. The van der Waals surface area contributed by atoms with Crippen LogP contribution in [0.4, 0.5) is 17.1 Å². The lowest BCUT2D eigenvalue weighted by Gasteiger charge is -2.30. The third kappa shape index (κ3) is 4.07. The van der Waals surface area contributed by atoms with Gasteiger partial charge in [-0.2, -0.15) is 0 Å². The molecule has 2 rings (SSSR count). The van der Waals surface area contributed by atoms with Crippen molar-refractivity contribution in [3.05, 3.63) is 28.3 Å². The number of rotatable bonds is 6. The molecule has 1 heterocycles. The molecule has 6 heteroatoms. The zero-order valence-electron chi connectivity index (χ0n) is 12.8. The van der Waals surface area contributed by atoms with Crippen LogP contribution in [-0.4, -0.2) is 42.5 Å². The molecular formula is C15H24N4O2. The van der Waals surface area contributed by atoms with Crippen molar-refractivity contribution in [3.63, 3.8) is 0 Å². The summed E-state index contributed by atoms with van der Waals surface area (Å²) in [4.78, 5) is 13.4. The van der Waals surface area contributed by atoms with Gasteiger partial charge in [0.15, 0.2) is 0 Å². The van der Waals surface area contributed by atoms with E-state index >= 15 is 0 Å². The van der Waals surface area contributed by atoms with Gasteiger partial charge in [-0.15, -0.1) is 0 Å². The Hall–Kier alpha value is -1.82. The number of hydrogen-bond donors (Lipinski definition) is 2. The number of para-hydroxylation sites is 1. The van der Waals surface area contributed by atoms with Crippen LogP contribution in [0.3, 0.4) is 0 Å². The summed E-state index contributed by atoms with van der Waals surface area (Å²) in [5.41, 5.74) is 1.36. The van der Waals surface area contributed by atoms with Crippen molar-refractivity contribution >= 4 is 17.1 Å². The number of nitrogens with zero attached hydrogens (tertiary/aromatic N) is 2. The first kappa shape index (κ1) is 15.6. The van der Waals surface area contributed by atoms with Crippen molar-refractivity contribution in [2.45, 2.75) is 32.2 Å². The third-order valence-corrected chi connectivity index (χ3v) is 3.77. The maximum absolute atomic E-state index is 11.4. The van der Waals surface area contributed by atoms with Gasteiger partial charge in [0.2, 0.25) is 0 Å². The Morgan fingerprint density at radius 3 is 2.86 bits per heavy atom. The first-order valence-corrected chi connectivity index (χ1v) is 7.58. The number of likely N-dealkylation sites (tertiary alicyclic amines) is 1. The molecule has 1 unspecified atom stereocenters. The third-order valence-electron chi connectivity index (χ3n) is 3.77. The van der Waals surface area contributed by atoms with Gasteiger partial charge in [-0.25, -0.2) is 0 Å². The SMILES string of the molecule is CCCNc1cccc(NC2CCCN(C)C2)c1[N+](=O)[O-]. The maximum Gasteiger partial charge on any atom is 0.315 e. The second-order valence-electron chi connectivity index (χ2n) is 5.63. The van der Waals surface area contributed by atoms with Gasteiger partial charge in [-0.3, -0.25) is 10.1 Å². The summed E-state index contributed by atoms with van der Waals surface area (Å²) in [6.45, 7) is 4.79. The molecule has 0 aliphatic carbocycles. The van der Waals surface area contributed by atoms with E-state index in [1.807, 2.05) is 13.0 Å². The molecule has 1 aromatic carbocycles. The van der Waals surface area contributed by atoms with E-state index in [1.165, 1.54) is 0 Å². The van der Waals surface area contributed by atoms with Gasteiger partial charge in [0, 0.05) is 19.1 Å². The van der Waals surface area contributed by atoms with Gasteiger partial charge in [0.25, 0.3) is 0 Å². The second kappa shape index (κ2) is 7.26. The Labute approximate surface area is 125 Å². The predicted octanol–water partition coefficient (Wildman–Crippen LogP) is 2.92. The summed E-state index contributed by atoms with van der Waals surface area (Å²) in [5.74, 6) is 0. The van der Waals surface area contributed by atoms with Gasteiger partial charge in [-0.05, 0) is 45.0 Å². The normalized spacial score (nSPS) is 19.2. The minimum Gasteiger partial charge on any atom is -0.379 e. The van der Waals surface area contributed by atoms with E-state index in [4.69, 9.17) is 0 Å². The van der Waals surface area contributed by atoms with Gasteiger partial charge in [0.05, 0.1) is 4.92 Å². The first-order chi connectivity index (χ1) is 10.1. The highest BCUT2D eigenvalue weighted by molar-refractivity contribution is 5.76. The molecule has 6 nitrogen and oxygen atoms in total. The lowest BCUT2D eigenvalue weighted by Crippen LogP contribution is -2.39. The maximum atomic E-state index is 11.4. The van der Waals surface area contributed by atoms with Gasteiger partial charge in [0.1, 0.15) is 11.4 Å². The second-order valence-corrected chi connectivity index (χ2v) is 5.63. The van der Waals surface area contributed by atoms with Crippen molar-refractivity contribution < 1.29 is 4.92 Å². The van der Waals surface area contributed by atoms with Crippen molar-refractivity contribution in [1.82, 2.24) is 4.90 Å². The van der Waals surface area contributed by atoms with E-state index in [0.29, 0.717) is 11.4 Å². The number of anilines is 2. The molecule has 1 aliphatic rings. The van der Waals surface area contributed by atoms with Crippen molar-refractivity contribution in [2.24, 2.45) is 0 Å². The van der Waals surface area contributed by atoms with Crippen LogP contribution in [0.5, 0.6) is 0 Å². The molecule has 1 fully saturated rings. The number of nitrogens with one attached hydrogen (secondary N) is 2. The van der Waals surface area contributed by atoms with Gasteiger partial charge >= 0.3 is 5.69 Å². The topological polar surface area (TPSA) is 70.4 Å². The van der Waals surface area contributed by atoms with Crippen LogP contribution in [0.1, 0.15) is 26.2 Å². The van der Waals surface area contributed by atoms with Crippen molar-refractivity contribution in [1.29, 1.82) is 0 Å². The highest BCUT2D eigenvalue weighted by atomic mass is 16.6. The average Bonchev–Trinajstić information content (AvgIpc) is 2.45. The molecule has 0 aromatic heterocycles. The fourth-order valence-corrected chi connectivity index (χ4v) is 2.76. The van der Waals surface area contributed by atoms with Crippen LogP contribution < -0.4 is 10.6 Å². The quantitative estimate of drug-likeness (QED) is 0.623. The molecule has 1 atom stereocenters. The van der Waals surface area contributed by atoms with E-state index in [2.05, 4.69) is 22.6 Å². The summed E-state index contributed by atoms with van der Waals surface area (Å²) in [7, 11) is 2.08. The first-order valence-electron chi connectivity index (χ1n) is 7.58.